The van der Waals surface area contributed by atoms with Crippen molar-refractivity contribution in [1.29, 1.82) is 0 Å². The van der Waals surface area contributed by atoms with Gasteiger partial charge in [-0.25, -0.2) is 9.78 Å². The van der Waals surface area contributed by atoms with E-state index in [1.54, 1.807) is 50.5 Å². The number of nitrogens with zero attached hydrogens (tertiary/aromatic N) is 3. The first kappa shape index (κ1) is 18.7. The monoisotopic (exact) mass is 387 g/mol. The van der Waals surface area contributed by atoms with Gasteiger partial charge in [-0.2, -0.15) is 0 Å². The fraction of sp³-hybridized carbons (Fsp3) is 0.222. The van der Waals surface area contributed by atoms with Crippen molar-refractivity contribution in [1.82, 2.24) is 14.1 Å². The van der Waals surface area contributed by atoms with Gasteiger partial charge in [0.25, 0.3) is 0 Å². The predicted octanol–water partition coefficient (Wildman–Crippen LogP) is 2.28. The molecule has 0 atom stereocenters. The zero-order chi connectivity index (χ0) is 19.6. The lowest BCUT2D eigenvalue weighted by molar-refractivity contribution is -0.121. The number of nitrogens with one attached hydrogen (secondary N) is 2. The molecule has 0 saturated heterocycles. The first-order valence-electron chi connectivity index (χ1n) is 8.23. The minimum atomic E-state index is -0.339. The van der Waals surface area contributed by atoms with Crippen molar-refractivity contribution in [3.8, 4) is 0 Å². The van der Waals surface area contributed by atoms with Crippen molar-refractivity contribution in [3.05, 3.63) is 51.9 Å². The van der Waals surface area contributed by atoms with E-state index >= 15 is 0 Å². The quantitative estimate of drug-likeness (QED) is 0.701. The van der Waals surface area contributed by atoms with Crippen LogP contribution in [0.5, 0.6) is 0 Å². The molecule has 8 nitrogen and oxygen atoms in total. The van der Waals surface area contributed by atoms with E-state index in [0.29, 0.717) is 27.7 Å². The molecule has 3 aromatic rings. The molecule has 1 aromatic carbocycles. The SMILES string of the molecule is Cn1c(=O)n(C)c2nc(NC(=O)CCC(=O)Nc3ccc(Cl)cc3)ccc21. The van der Waals surface area contributed by atoms with Crippen LogP contribution in [0.15, 0.2) is 41.2 Å². The van der Waals surface area contributed by atoms with E-state index in [1.165, 1.54) is 9.13 Å². The van der Waals surface area contributed by atoms with Crippen LogP contribution in [-0.2, 0) is 23.7 Å². The molecule has 0 radical (unpaired) electrons. The average Bonchev–Trinajstić information content (AvgIpc) is 2.86. The second-order valence-corrected chi connectivity index (χ2v) is 6.48. The van der Waals surface area contributed by atoms with Crippen LogP contribution in [-0.4, -0.2) is 25.9 Å². The number of anilines is 2. The van der Waals surface area contributed by atoms with Gasteiger partial charge in [0.15, 0.2) is 5.65 Å². The number of rotatable bonds is 5. The number of hydrogen-bond acceptors (Lipinski definition) is 4. The Labute approximate surface area is 159 Å². The van der Waals surface area contributed by atoms with Crippen molar-refractivity contribution < 1.29 is 9.59 Å². The van der Waals surface area contributed by atoms with Crippen LogP contribution in [0.25, 0.3) is 11.2 Å². The third-order valence-corrected chi connectivity index (χ3v) is 4.33. The Balaban J connectivity index is 1.58. The summed E-state index contributed by atoms with van der Waals surface area (Å²) >= 11 is 5.79. The van der Waals surface area contributed by atoms with E-state index in [1.807, 2.05) is 0 Å². The topological polar surface area (TPSA) is 98.0 Å². The Morgan fingerprint density at radius 3 is 2.26 bits per heavy atom. The predicted molar refractivity (Wildman–Crippen MR) is 104 cm³/mol. The number of amides is 2. The molecule has 27 heavy (non-hydrogen) atoms. The maximum absolute atomic E-state index is 12.1. The number of halogens is 1. The summed E-state index contributed by atoms with van der Waals surface area (Å²) in [4.78, 5) is 40.2. The van der Waals surface area contributed by atoms with E-state index in [4.69, 9.17) is 11.6 Å². The molecule has 9 heteroatoms. The van der Waals surface area contributed by atoms with Crippen molar-refractivity contribution in [2.45, 2.75) is 12.8 Å². The number of imidazole rings is 1. The van der Waals surface area contributed by atoms with E-state index in [2.05, 4.69) is 15.6 Å². The van der Waals surface area contributed by atoms with Crippen LogP contribution < -0.4 is 16.3 Å². The van der Waals surface area contributed by atoms with Crippen molar-refractivity contribution in [3.63, 3.8) is 0 Å². The first-order valence-corrected chi connectivity index (χ1v) is 8.60. The molecule has 140 valence electrons. The lowest BCUT2D eigenvalue weighted by Crippen LogP contribution is -2.19. The molecule has 0 spiro atoms. The second-order valence-electron chi connectivity index (χ2n) is 6.04. The fourth-order valence-electron chi connectivity index (χ4n) is 2.63. The molecular weight excluding hydrogens is 370 g/mol. The first-order chi connectivity index (χ1) is 12.8. The van der Waals surface area contributed by atoms with E-state index < -0.39 is 0 Å². The van der Waals surface area contributed by atoms with Crippen molar-refractivity contribution in [2.75, 3.05) is 10.6 Å². The van der Waals surface area contributed by atoms with Gasteiger partial charge in [0.1, 0.15) is 5.82 Å². The number of aryl methyl sites for hydroxylation is 2. The molecule has 0 saturated carbocycles. The second kappa shape index (κ2) is 7.63. The summed E-state index contributed by atoms with van der Waals surface area (Å²) < 4.78 is 2.89. The summed E-state index contributed by atoms with van der Waals surface area (Å²) in [5.41, 5.74) is 1.56. The van der Waals surface area contributed by atoms with Gasteiger partial charge in [0.05, 0.1) is 5.52 Å². The van der Waals surface area contributed by atoms with Crippen LogP contribution in [0.2, 0.25) is 5.02 Å². The summed E-state index contributed by atoms with van der Waals surface area (Å²) in [5.74, 6) is -0.290. The largest absolute Gasteiger partial charge is 0.329 e. The number of benzene rings is 1. The van der Waals surface area contributed by atoms with Crippen molar-refractivity contribution >= 4 is 46.1 Å². The van der Waals surface area contributed by atoms with Gasteiger partial charge in [0, 0.05) is 37.6 Å². The van der Waals surface area contributed by atoms with Gasteiger partial charge in [-0.3, -0.25) is 18.7 Å². The molecule has 0 unspecified atom stereocenters. The Bertz CT molecular complexity index is 1070. The molecule has 2 N–H and O–H groups in total. The fourth-order valence-corrected chi connectivity index (χ4v) is 2.75. The third-order valence-electron chi connectivity index (χ3n) is 4.08. The van der Waals surface area contributed by atoms with Crippen LogP contribution in [0.4, 0.5) is 11.5 Å². The van der Waals surface area contributed by atoms with Gasteiger partial charge in [-0.15, -0.1) is 0 Å². The Morgan fingerprint density at radius 1 is 0.963 bits per heavy atom. The third kappa shape index (κ3) is 4.17. The summed E-state index contributed by atoms with van der Waals surface area (Å²) in [7, 11) is 3.27. The number of carbonyl (C=O) groups excluding carboxylic acids is 2. The highest BCUT2D eigenvalue weighted by atomic mass is 35.5. The summed E-state index contributed by atoms with van der Waals surface area (Å²) in [6.45, 7) is 0. The highest BCUT2D eigenvalue weighted by molar-refractivity contribution is 6.30. The molecule has 3 rings (SSSR count). The zero-order valence-corrected chi connectivity index (χ0v) is 15.6. The normalized spacial score (nSPS) is 10.8. The minimum absolute atomic E-state index is 0.00681. The van der Waals surface area contributed by atoms with E-state index in [-0.39, 0.29) is 30.3 Å². The van der Waals surface area contributed by atoms with Gasteiger partial charge < -0.3 is 10.6 Å². The summed E-state index contributed by atoms with van der Waals surface area (Å²) in [6.07, 6.45) is 0.0351. The highest BCUT2D eigenvalue weighted by Crippen LogP contribution is 2.15. The van der Waals surface area contributed by atoms with Gasteiger partial charge in [0.2, 0.25) is 11.8 Å². The maximum atomic E-state index is 12.1. The van der Waals surface area contributed by atoms with Crippen LogP contribution in [0.3, 0.4) is 0 Å². The number of pyridine rings is 1. The molecule has 0 aliphatic rings. The Hall–Kier alpha value is -3.13. The number of carbonyl (C=O) groups is 2. The molecule has 2 amide bonds. The number of hydrogen-bond donors (Lipinski definition) is 2. The van der Waals surface area contributed by atoms with Crippen LogP contribution >= 0.6 is 11.6 Å². The summed E-state index contributed by atoms with van der Waals surface area (Å²) in [5, 5.41) is 5.92. The molecular formula is C18H18ClN5O3. The lowest BCUT2D eigenvalue weighted by atomic mass is 10.2. The lowest BCUT2D eigenvalue weighted by Gasteiger charge is -2.06. The van der Waals surface area contributed by atoms with E-state index in [0.717, 1.165) is 0 Å². The van der Waals surface area contributed by atoms with Gasteiger partial charge in [-0.05, 0) is 36.4 Å². The Morgan fingerprint density at radius 2 is 1.59 bits per heavy atom. The number of fused-ring (bicyclic) bond motifs is 1. The minimum Gasteiger partial charge on any atom is -0.326 e. The highest BCUT2D eigenvalue weighted by Gasteiger charge is 2.12. The zero-order valence-electron chi connectivity index (χ0n) is 14.8. The molecule has 2 heterocycles. The standard InChI is InChI=1S/C18H18ClN5O3/c1-23-13-7-8-14(22-17(13)24(2)18(23)27)21-16(26)10-9-15(25)20-12-5-3-11(19)4-6-12/h3-8H,9-10H2,1-2H3,(H,20,25)(H,21,22,26). The maximum Gasteiger partial charge on any atom is 0.329 e. The molecule has 0 bridgehead atoms. The van der Waals surface area contributed by atoms with Crippen molar-refractivity contribution in [2.24, 2.45) is 14.1 Å². The average molecular weight is 388 g/mol. The smallest absolute Gasteiger partial charge is 0.326 e. The van der Waals surface area contributed by atoms with Crippen LogP contribution in [0, 0.1) is 0 Å². The molecule has 2 aromatic heterocycles. The van der Waals surface area contributed by atoms with Crippen LogP contribution in [0.1, 0.15) is 12.8 Å². The molecule has 0 aliphatic carbocycles. The summed E-state index contributed by atoms with van der Waals surface area (Å²) in [6, 6.07) is 10.0. The molecule has 0 fully saturated rings. The molecule has 0 aliphatic heterocycles. The van der Waals surface area contributed by atoms with Gasteiger partial charge in [-0.1, -0.05) is 11.6 Å². The Kier molecular flexibility index (Phi) is 5.27. The van der Waals surface area contributed by atoms with E-state index in [9.17, 15) is 14.4 Å². The number of aromatic nitrogens is 3. The van der Waals surface area contributed by atoms with Gasteiger partial charge >= 0.3 is 5.69 Å².